The number of nitro groups is 1. The van der Waals surface area contributed by atoms with Gasteiger partial charge in [-0.05, 0) is 55.3 Å². The highest BCUT2D eigenvalue weighted by molar-refractivity contribution is 7.17. The number of hydrogen-bond acceptors (Lipinski definition) is 9. The van der Waals surface area contributed by atoms with Crippen LogP contribution in [0.4, 0.5) is 17.3 Å². The Labute approximate surface area is 201 Å². The molecule has 1 aliphatic carbocycles. The maximum absolute atomic E-state index is 11.2. The molecule has 0 amide bonds. The number of nitrogens with zero attached hydrogens (tertiary/aromatic N) is 5. The molecular weight excluding hydrogens is 452 g/mol. The van der Waals surface area contributed by atoms with Crippen molar-refractivity contribution in [2.45, 2.75) is 13.3 Å². The normalized spacial score (nSPS) is 19.0. The summed E-state index contributed by atoms with van der Waals surface area (Å²) in [5.74, 6) is 1.37. The third-order valence-corrected chi connectivity index (χ3v) is 7.04. The number of anilines is 3. The van der Waals surface area contributed by atoms with Crippen LogP contribution in [-0.4, -0.2) is 53.0 Å². The minimum absolute atomic E-state index is 0.0206. The average Bonchev–Trinajstić information content (AvgIpc) is 3.30. The van der Waals surface area contributed by atoms with Crippen molar-refractivity contribution in [3.63, 3.8) is 0 Å². The number of piperazine rings is 1. The van der Waals surface area contributed by atoms with E-state index < -0.39 is 4.92 Å². The van der Waals surface area contributed by atoms with Gasteiger partial charge in [-0.1, -0.05) is 6.92 Å². The molecule has 176 valence electrons. The standard InChI is InChI=1S/C24H26N6O3S/c1-16-3-6-19(30(31)32)15-21(16)33-23-22-20(9-14-34-22)26-24(27-23)25-17-4-7-18(8-5-17)29-12-10-28(2)11-13-29/h4-9,14-16H,3,10-13H2,1-2H3,(H,25,26,27). The lowest BCUT2D eigenvalue weighted by Crippen LogP contribution is -2.44. The second kappa shape index (κ2) is 9.40. The van der Waals surface area contributed by atoms with Crippen molar-refractivity contribution in [3.05, 3.63) is 69.4 Å². The van der Waals surface area contributed by atoms with Gasteiger partial charge in [-0.3, -0.25) is 10.1 Å². The molecule has 0 bridgehead atoms. The van der Waals surface area contributed by atoms with E-state index in [-0.39, 0.29) is 11.6 Å². The van der Waals surface area contributed by atoms with Crippen LogP contribution in [0.3, 0.4) is 0 Å². The van der Waals surface area contributed by atoms with Gasteiger partial charge in [0.25, 0.3) is 5.70 Å². The van der Waals surface area contributed by atoms with Gasteiger partial charge in [0.15, 0.2) is 0 Å². The number of likely N-dealkylation sites (N-methyl/N-ethyl adjacent to an activating group) is 1. The van der Waals surface area contributed by atoms with E-state index in [4.69, 9.17) is 4.74 Å². The van der Waals surface area contributed by atoms with Crippen molar-refractivity contribution in [3.8, 4) is 5.88 Å². The molecule has 2 aromatic heterocycles. The van der Waals surface area contributed by atoms with Crippen LogP contribution >= 0.6 is 11.3 Å². The van der Waals surface area contributed by atoms with Crippen molar-refractivity contribution in [1.82, 2.24) is 14.9 Å². The molecule has 1 aromatic carbocycles. The highest BCUT2D eigenvalue weighted by atomic mass is 32.1. The number of allylic oxidation sites excluding steroid dienone is 3. The number of rotatable bonds is 6. The van der Waals surface area contributed by atoms with E-state index in [0.29, 0.717) is 24.0 Å². The molecular formula is C24H26N6O3S. The molecule has 3 heterocycles. The minimum atomic E-state index is -0.394. The zero-order chi connectivity index (χ0) is 23.7. The van der Waals surface area contributed by atoms with Crippen molar-refractivity contribution < 1.29 is 9.66 Å². The molecule has 0 spiro atoms. The van der Waals surface area contributed by atoms with Gasteiger partial charge < -0.3 is 19.9 Å². The van der Waals surface area contributed by atoms with Crippen LogP contribution in [0.15, 0.2) is 59.3 Å². The van der Waals surface area contributed by atoms with Gasteiger partial charge in [0.2, 0.25) is 11.8 Å². The van der Waals surface area contributed by atoms with Gasteiger partial charge in [-0.2, -0.15) is 4.98 Å². The zero-order valence-corrected chi connectivity index (χ0v) is 19.9. The largest absolute Gasteiger partial charge is 0.441 e. The Hall–Kier alpha value is -3.50. The Morgan fingerprint density at radius 1 is 1.15 bits per heavy atom. The number of aromatic nitrogens is 2. The number of hydrogen-bond donors (Lipinski definition) is 1. The molecule has 10 heteroatoms. The SMILES string of the molecule is CC1CC=C([N+](=O)[O-])C=C1Oc1nc(Nc2ccc(N3CCN(C)CC3)cc2)nc2ccsc12. The van der Waals surface area contributed by atoms with Gasteiger partial charge in [0, 0.05) is 43.5 Å². The summed E-state index contributed by atoms with van der Waals surface area (Å²) in [6.45, 7) is 6.14. The quantitative estimate of drug-likeness (QED) is 0.404. The van der Waals surface area contributed by atoms with Crippen molar-refractivity contribution >= 4 is 38.9 Å². The van der Waals surface area contributed by atoms with Gasteiger partial charge >= 0.3 is 0 Å². The van der Waals surface area contributed by atoms with E-state index in [0.717, 1.165) is 42.1 Å². The van der Waals surface area contributed by atoms with Crippen LogP contribution in [0.1, 0.15) is 13.3 Å². The Balaban J connectivity index is 1.37. The zero-order valence-electron chi connectivity index (χ0n) is 19.1. The molecule has 9 nitrogen and oxygen atoms in total. The van der Waals surface area contributed by atoms with Gasteiger partial charge in [0.1, 0.15) is 10.5 Å². The smallest absolute Gasteiger partial charge is 0.268 e. The summed E-state index contributed by atoms with van der Waals surface area (Å²) in [4.78, 5) is 24.8. The first-order valence-electron chi connectivity index (χ1n) is 11.3. The lowest BCUT2D eigenvalue weighted by molar-refractivity contribution is -0.419. The van der Waals surface area contributed by atoms with Crippen LogP contribution < -0.4 is 15.0 Å². The fourth-order valence-electron chi connectivity index (χ4n) is 4.04. The highest BCUT2D eigenvalue weighted by Gasteiger charge is 2.23. The molecule has 0 radical (unpaired) electrons. The van der Waals surface area contributed by atoms with E-state index in [1.165, 1.54) is 23.1 Å². The third kappa shape index (κ3) is 4.73. The summed E-state index contributed by atoms with van der Waals surface area (Å²) in [5.41, 5.74) is 2.89. The van der Waals surface area contributed by atoms with E-state index in [1.54, 1.807) is 6.08 Å². The second-order valence-corrected chi connectivity index (χ2v) is 9.54. The Morgan fingerprint density at radius 2 is 1.91 bits per heavy atom. The van der Waals surface area contributed by atoms with E-state index in [9.17, 15) is 10.1 Å². The van der Waals surface area contributed by atoms with Gasteiger partial charge in [-0.25, -0.2) is 4.98 Å². The van der Waals surface area contributed by atoms with Crippen LogP contribution in [0, 0.1) is 16.0 Å². The molecule has 1 saturated heterocycles. The summed E-state index contributed by atoms with van der Waals surface area (Å²) < 4.78 is 6.94. The van der Waals surface area contributed by atoms with Crippen molar-refractivity contribution in [1.29, 1.82) is 0 Å². The molecule has 1 N–H and O–H groups in total. The van der Waals surface area contributed by atoms with Crippen LogP contribution in [0.25, 0.3) is 10.2 Å². The Kier molecular flexibility index (Phi) is 6.16. The molecule has 0 saturated carbocycles. The van der Waals surface area contributed by atoms with Crippen LogP contribution in [-0.2, 0) is 0 Å². The van der Waals surface area contributed by atoms with Crippen LogP contribution in [0.2, 0.25) is 0 Å². The second-order valence-electron chi connectivity index (χ2n) is 8.62. The fourth-order valence-corrected chi connectivity index (χ4v) is 4.80. The van der Waals surface area contributed by atoms with E-state index in [2.05, 4.69) is 44.3 Å². The predicted octanol–water partition coefficient (Wildman–Crippen LogP) is 4.65. The summed E-state index contributed by atoms with van der Waals surface area (Å²) in [7, 11) is 2.15. The Bertz CT molecular complexity index is 1260. The van der Waals surface area contributed by atoms with Crippen molar-refractivity contribution in [2.24, 2.45) is 5.92 Å². The van der Waals surface area contributed by atoms with E-state index in [1.807, 2.05) is 30.5 Å². The topological polar surface area (TPSA) is 96.7 Å². The summed E-state index contributed by atoms with van der Waals surface area (Å²) >= 11 is 1.48. The number of nitrogens with one attached hydrogen (secondary N) is 1. The van der Waals surface area contributed by atoms with Crippen LogP contribution in [0.5, 0.6) is 5.88 Å². The number of fused-ring (bicyclic) bond motifs is 1. The average molecular weight is 479 g/mol. The molecule has 3 aromatic rings. The summed E-state index contributed by atoms with van der Waals surface area (Å²) in [6.07, 6.45) is 3.66. The maximum Gasteiger partial charge on any atom is 0.268 e. The van der Waals surface area contributed by atoms with E-state index >= 15 is 0 Å². The molecule has 1 unspecified atom stereocenters. The monoisotopic (exact) mass is 478 g/mol. The van der Waals surface area contributed by atoms with Gasteiger partial charge in [0.05, 0.1) is 16.5 Å². The van der Waals surface area contributed by atoms with Crippen molar-refractivity contribution in [2.75, 3.05) is 43.4 Å². The number of ether oxygens (including phenoxy) is 1. The fraction of sp³-hybridized carbons (Fsp3) is 0.333. The third-order valence-electron chi connectivity index (χ3n) is 6.15. The minimum Gasteiger partial charge on any atom is -0.441 e. The number of thiophene rings is 1. The van der Waals surface area contributed by atoms with Gasteiger partial charge in [-0.15, -0.1) is 11.3 Å². The number of benzene rings is 1. The molecule has 1 aliphatic heterocycles. The molecule has 34 heavy (non-hydrogen) atoms. The summed E-state index contributed by atoms with van der Waals surface area (Å²) in [6, 6.07) is 10.2. The maximum atomic E-state index is 11.2. The molecule has 1 atom stereocenters. The first kappa shape index (κ1) is 22.3. The lowest BCUT2D eigenvalue weighted by atomic mass is 9.99. The Morgan fingerprint density at radius 3 is 2.65 bits per heavy atom. The molecule has 1 fully saturated rings. The lowest BCUT2D eigenvalue weighted by Gasteiger charge is -2.34. The first-order valence-corrected chi connectivity index (χ1v) is 12.1. The highest BCUT2D eigenvalue weighted by Crippen LogP contribution is 2.34. The first-order chi connectivity index (χ1) is 16.5. The molecule has 2 aliphatic rings. The summed E-state index contributed by atoms with van der Waals surface area (Å²) in [5, 5.41) is 16.4. The molecule has 5 rings (SSSR count). The predicted molar refractivity (Wildman–Crippen MR) is 134 cm³/mol.